The predicted octanol–water partition coefficient (Wildman–Crippen LogP) is 7.51. The van der Waals surface area contributed by atoms with E-state index in [1.165, 1.54) is 28.6 Å². The van der Waals surface area contributed by atoms with Crippen LogP contribution in [0.3, 0.4) is 0 Å². The van der Waals surface area contributed by atoms with E-state index < -0.39 is 0 Å². The second kappa shape index (κ2) is 9.61. The average molecular weight is 476 g/mol. The number of carbonyl (C=O) groups excluding carboxylic acids is 1. The minimum Gasteiger partial charge on any atom is -0.364 e. The molecular formula is C29H37N3OS. The van der Waals surface area contributed by atoms with Gasteiger partial charge >= 0.3 is 0 Å². The first-order valence-corrected chi connectivity index (χ1v) is 13.2. The summed E-state index contributed by atoms with van der Waals surface area (Å²) in [5.41, 5.74) is 6.03. The second-order valence-corrected chi connectivity index (χ2v) is 11.5. The number of carbonyl (C=O) groups is 1. The summed E-state index contributed by atoms with van der Waals surface area (Å²) in [5, 5.41) is 0.765. The summed E-state index contributed by atoms with van der Waals surface area (Å²) in [5.74, 6) is 0.521. The monoisotopic (exact) mass is 475 g/mol. The minimum atomic E-state index is 0.0524. The van der Waals surface area contributed by atoms with Crippen LogP contribution in [0, 0.1) is 6.92 Å². The molecule has 2 aromatic rings. The lowest BCUT2D eigenvalue weighted by atomic mass is 9.78. The van der Waals surface area contributed by atoms with Gasteiger partial charge in [-0.25, -0.2) is 4.99 Å². The van der Waals surface area contributed by atoms with E-state index in [0.717, 1.165) is 34.2 Å². The maximum atomic E-state index is 13.3. The van der Waals surface area contributed by atoms with Crippen molar-refractivity contribution in [3.63, 3.8) is 0 Å². The fourth-order valence-corrected chi connectivity index (χ4v) is 6.53. The van der Waals surface area contributed by atoms with Gasteiger partial charge in [0.25, 0.3) is 5.91 Å². The zero-order valence-electron chi connectivity index (χ0n) is 21.6. The average Bonchev–Trinajstić information content (AvgIpc) is 3.04. The van der Waals surface area contributed by atoms with E-state index in [9.17, 15) is 4.79 Å². The summed E-state index contributed by atoms with van der Waals surface area (Å²) in [6, 6.07) is 14.9. The third-order valence-corrected chi connectivity index (χ3v) is 7.79. The maximum absolute atomic E-state index is 13.3. The molecule has 0 N–H and O–H groups in total. The highest BCUT2D eigenvalue weighted by molar-refractivity contribution is 8.18. The van der Waals surface area contributed by atoms with Gasteiger partial charge in [0.15, 0.2) is 5.17 Å². The Balaban J connectivity index is 1.74. The van der Waals surface area contributed by atoms with Crippen LogP contribution in [-0.4, -0.2) is 34.1 Å². The molecule has 0 bridgehead atoms. The van der Waals surface area contributed by atoms with E-state index in [1.54, 1.807) is 0 Å². The molecule has 0 saturated carbocycles. The van der Waals surface area contributed by atoms with E-state index in [0.29, 0.717) is 18.5 Å². The molecule has 0 radical (unpaired) electrons. The Labute approximate surface area is 209 Å². The molecule has 1 amide bonds. The number of rotatable bonds is 5. The molecule has 1 atom stereocenters. The molecular weight excluding hydrogens is 438 g/mol. The first-order chi connectivity index (χ1) is 16.1. The van der Waals surface area contributed by atoms with E-state index in [4.69, 9.17) is 4.99 Å². The maximum Gasteiger partial charge on any atom is 0.266 e. The summed E-state index contributed by atoms with van der Waals surface area (Å²) >= 11 is 1.49. The molecule has 180 valence electrons. The third kappa shape index (κ3) is 4.68. The Hall–Kier alpha value is -2.53. The number of amides is 1. The number of hydrogen-bond donors (Lipinski definition) is 0. The molecule has 34 heavy (non-hydrogen) atoms. The number of thioether (sulfide) groups is 1. The SMILES string of the molecule is CCCN1C(=O)/C(=C/c2cc3c(cc2C)N(C(C)C)C(C)(C)C[C@H]3C)SC1=Nc1ccccc1. The Morgan fingerprint density at radius 1 is 1.21 bits per heavy atom. The Bertz CT molecular complexity index is 1130. The minimum absolute atomic E-state index is 0.0524. The number of nitrogens with zero attached hydrogens (tertiary/aromatic N) is 3. The molecule has 2 heterocycles. The van der Waals surface area contributed by atoms with Crippen LogP contribution in [0.4, 0.5) is 11.4 Å². The van der Waals surface area contributed by atoms with Gasteiger partial charge in [-0.2, -0.15) is 0 Å². The molecule has 1 saturated heterocycles. The van der Waals surface area contributed by atoms with Crippen molar-refractivity contribution >= 4 is 40.3 Å². The van der Waals surface area contributed by atoms with Crippen molar-refractivity contribution in [3.05, 3.63) is 64.1 Å². The van der Waals surface area contributed by atoms with Crippen LogP contribution >= 0.6 is 11.8 Å². The molecule has 4 nitrogen and oxygen atoms in total. The van der Waals surface area contributed by atoms with Gasteiger partial charge in [0.05, 0.1) is 10.6 Å². The zero-order chi connectivity index (χ0) is 24.6. The summed E-state index contributed by atoms with van der Waals surface area (Å²) in [6.45, 7) is 16.5. The lowest BCUT2D eigenvalue weighted by Gasteiger charge is -2.50. The van der Waals surface area contributed by atoms with Crippen molar-refractivity contribution in [2.75, 3.05) is 11.4 Å². The van der Waals surface area contributed by atoms with Gasteiger partial charge in [-0.3, -0.25) is 9.69 Å². The van der Waals surface area contributed by atoms with Crippen LogP contribution in [-0.2, 0) is 4.79 Å². The quantitative estimate of drug-likeness (QED) is 0.420. The smallest absolute Gasteiger partial charge is 0.266 e. The number of anilines is 1. The van der Waals surface area contributed by atoms with Crippen molar-refractivity contribution in [3.8, 4) is 0 Å². The van der Waals surface area contributed by atoms with Gasteiger partial charge in [-0.1, -0.05) is 32.0 Å². The van der Waals surface area contributed by atoms with Crippen LogP contribution in [0.5, 0.6) is 0 Å². The summed E-state index contributed by atoms with van der Waals surface area (Å²) < 4.78 is 0. The second-order valence-electron chi connectivity index (χ2n) is 10.4. The van der Waals surface area contributed by atoms with Gasteiger partial charge in [-0.05, 0) is 112 Å². The number of hydrogen-bond acceptors (Lipinski definition) is 4. The lowest BCUT2D eigenvalue weighted by Crippen LogP contribution is -2.51. The standard InChI is InChI=1S/C29H37N3OS/c1-8-14-31-27(33)26(34-28(31)30-23-12-10-9-11-13-23)17-22-16-24-21(5)18-29(6,7)32(19(2)3)25(24)15-20(22)4/h9-13,15-17,19,21H,8,14,18H2,1-7H3/b26-17-,30-28?/t21-/m1/s1. The molecule has 2 aliphatic heterocycles. The van der Waals surface area contributed by atoms with Crippen LogP contribution in [0.1, 0.15) is 77.0 Å². The zero-order valence-corrected chi connectivity index (χ0v) is 22.4. The van der Waals surface area contributed by atoms with Gasteiger partial charge in [-0.15, -0.1) is 0 Å². The van der Waals surface area contributed by atoms with Crippen molar-refractivity contribution in [2.24, 2.45) is 4.99 Å². The van der Waals surface area contributed by atoms with Gasteiger partial charge in [0.2, 0.25) is 0 Å². The number of aryl methyl sites for hydroxylation is 1. The fraction of sp³-hybridized carbons (Fsp3) is 0.448. The van der Waals surface area contributed by atoms with Gasteiger partial charge in [0, 0.05) is 23.8 Å². The molecule has 0 spiro atoms. The Morgan fingerprint density at radius 2 is 1.91 bits per heavy atom. The van der Waals surface area contributed by atoms with E-state index >= 15 is 0 Å². The van der Waals surface area contributed by atoms with Crippen molar-refractivity contribution in [1.82, 2.24) is 4.90 Å². The Kier molecular flexibility index (Phi) is 6.95. The largest absolute Gasteiger partial charge is 0.364 e. The van der Waals surface area contributed by atoms with Crippen LogP contribution < -0.4 is 4.90 Å². The predicted molar refractivity (Wildman–Crippen MR) is 147 cm³/mol. The summed E-state index contributed by atoms with van der Waals surface area (Å²) in [4.78, 5) is 23.3. The van der Waals surface area contributed by atoms with Crippen molar-refractivity contribution < 1.29 is 4.79 Å². The topological polar surface area (TPSA) is 35.9 Å². The molecule has 5 heteroatoms. The van der Waals surface area contributed by atoms with Crippen molar-refractivity contribution in [1.29, 1.82) is 0 Å². The number of aliphatic imine (C=N–C) groups is 1. The highest BCUT2D eigenvalue weighted by Gasteiger charge is 2.38. The molecule has 0 unspecified atom stereocenters. The number of para-hydroxylation sites is 1. The van der Waals surface area contributed by atoms with E-state index in [-0.39, 0.29) is 11.4 Å². The van der Waals surface area contributed by atoms with Gasteiger partial charge < -0.3 is 4.90 Å². The normalized spacial score (nSPS) is 22.2. The highest BCUT2D eigenvalue weighted by Crippen LogP contribution is 2.46. The van der Waals surface area contributed by atoms with Crippen LogP contribution in [0.25, 0.3) is 6.08 Å². The van der Waals surface area contributed by atoms with Crippen molar-refractivity contribution in [2.45, 2.75) is 78.8 Å². The van der Waals surface area contributed by atoms with E-state index in [2.05, 4.69) is 71.6 Å². The molecule has 2 aromatic carbocycles. The molecule has 0 aromatic heterocycles. The summed E-state index contributed by atoms with van der Waals surface area (Å²) in [7, 11) is 0. The molecule has 4 rings (SSSR count). The van der Waals surface area contributed by atoms with Crippen LogP contribution in [0.15, 0.2) is 52.4 Å². The highest BCUT2D eigenvalue weighted by atomic mass is 32.2. The van der Waals surface area contributed by atoms with E-state index in [1.807, 2.05) is 35.2 Å². The molecule has 0 aliphatic carbocycles. The molecule has 1 fully saturated rings. The van der Waals surface area contributed by atoms with Gasteiger partial charge in [0.1, 0.15) is 0 Å². The van der Waals surface area contributed by atoms with Crippen LogP contribution in [0.2, 0.25) is 0 Å². The number of fused-ring (bicyclic) bond motifs is 1. The number of amidine groups is 1. The fourth-order valence-electron chi connectivity index (χ4n) is 5.51. The first kappa shape index (κ1) is 24.6. The molecule has 2 aliphatic rings. The Morgan fingerprint density at radius 3 is 2.56 bits per heavy atom. The third-order valence-electron chi connectivity index (χ3n) is 6.78. The summed E-state index contributed by atoms with van der Waals surface area (Å²) in [6.07, 6.45) is 4.08. The first-order valence-electron chi connectivity index (χ1n) is 12.4. The number of benzene rings is 2. The lowest BCUT2D eigenvalue weighted by molar-refractivity contribution is -0.122.